The molecular formula is C18H12BrF2NO2S. The molecule has 0 fully saturated rings. The van der Waals surface area contributed by atoms with Gasteiger partial charge in [-0.2, -0.15) is 0 Å². The van der Waals surface area contributed by atoms with E-state index in [1.807, 2.05) is 0 Å². The molecule has 0 spiro atoms. The van der Waals surface area contributed by atoms with Gasteiger partial charge < -0.3 is 10.1 Å². The number of amides is 1. The van der Waals surface area contributed by atoms with Crippen molar-refractivity contribution >= 4 is 38.9 Å². The van der Waals surface area contributed by atoms with Crippen molar-refractivity contribution in [3.05, 3.63) is 80.5 Å². The molecule has 0 aliphatic rings. The molecule has 0 radical (unpaired) electrons. The van der Waals surface area contributed by atoms with E-state index in [4.69, 9.17) is 4.74 Å². The zero-order valence-electron chi connectivity index (χ0n) is 12.8. The van der Waals surface area contributed by atoms with Crippen LogP contribution in [0.5, 0.6) is 5.75 Å². The van der Waals surface area contributed by atoms with E-state index in [1.54, 1.807) is 29.6 Å². The Kier molecular flexibility index (Phi) is 5.45. The number of thiophene rings is 1. The van der Waals surface area contributed by atoms with Gasteiger partial charge in [-0.3, -0.25) is 4.79 Å². The first kappa shape index (κ1) is 17.6. The zero-order valence-corrected chi connectivity index (χ0v) is 15.2. The van der Waals surface area contributed by atoms with E-state index in [0.717, 1.165) is 5.56 Å². The summed E-state index contributed by atoms with van der Waals surface area (Å²) < 4.78 is 33.0. The van der Waals surface area contributed by atoms with Crippen LogP contribution in [0.3, 0.4) is 0 Å². The van der Waals surface area contributed by atoms with E-state index >= 15 is 0 Å². The Labute approximate surface area is 155 Å². The third kappa shape index (κ3) is 4.64. The lowest BCUT2D eigenvalue weighted by atomic mass is 10.3. The lowest BCUT2D eigenvalue weighted by Gasteiger charge is -2.05. The normalized spacial score (nSPS) is 10.5. The predicted octanol–water partition coefficient (Wildman–Crippen LogP) is 5.62. The van der Waals surface area contributed by atoms with Gasteiger partial charge >= 0.3 is 0 Å². The third-order valence-electron chi connectivity index (χ3n) is 3.26. The molecule has 3 nitrogen and oxygen atoms in total. The first-order chi connectivity index (χ1) is 12.0. The Morgan fingerprint density at radius 2 is 2.00 bits per heavy atom. The molecule has 25 heavy (non-hydrogen) atoms. The maximum Gasteiger partial charge on any atom is 0.265 e. The monoisotopic (exact) mass is 423 g/mol. The fourth-order valence-electron chi connectivity index (χ4n) is 2.07. The van der Waals surface area contributed by atoms with Crippen LogP contribution in [0.1, 0.15) is 15.2 Å². The molecule has 1 aromatic heterocycles. The maximum absolute atomic E-state index is 13.8. The van der Waals surface area contributed by atoms with Gasteiger partial charge in [0.2, 0.25) is 0 Å². The van der Waals surface area contributed by atoms with Gasteiger partial charge in [0.15, 0.2) is 0 Å². The number of anilines is 1. The predicted molar refractivity (Wildman–Crippen MR) is 97.1 cm³/mol. The Balaban J connectivity index is 1.63. The molecule has 1 N–H and O–H groups in total. The molecule has 0 aliphatic carbocycles. The van der Waals surface area contributed by atoms with Gasteiger partial charge in [0.25, 0.3) is 5.91 Å². The molecule has 0 bridgehead atoms. The summed E-state index contributed by atoms with van der Waals surface area (Å²) in [6.07, 6.45) is 0. The summed E-state index contributed by atoms with van der Waals surface area (Å²) in [5, 5.41) is 4.30. The van der Waals surface area contributed by atoms with Gasteiger partial charge in [0.05, 0.1) is 10.6 Å². The molecule has 7 heteroatoms. The van der Waals surface area contributed by atoms with Crippen LogP contribution < -0.4 is 10.1 Å². The molecular weight excluding hydrogens is 412 g/mol. The van der Waals surface area contributed by atoms with Gasteiger partial charge in [-0.25, -0.2) is 8.78 Å². The van der Waals surface area contributed by atoms with Gasteiger partial charge in [0, 0.05) is 16.1 Å². The van der Waals surface area contributed by atoms with E-state index in [2.05, 4.69) is 21.2 Å². The summed E-state index contributed by atoms with van der Waals surface area (Å²) in [6.45, 7) is 0.208. The smallest absolute Gasteiger partial charge is 0.265 e. The summed E-state index contributed by atoms with van der Waals surface area (Å²) in [4.78, 5) is 12.6. The summed E-state index contributed by atoms with van der Waals surface area (Å²) in [5.74, 6) is -0.884. The number of carbonyl (C=O) groups is 1. The van der Waals surface area contributed by atoms with E-state index in [9.17, 15) is 13.6 Å². The van der Waals surface area contributed by atoms with Crippen LogP contribution in [-0.2, 0) is 6.61 Å². The number of hydrogen-bond donors (Lipinski definition) is 1. The average Bonchev–Trinajstić information content (AvgIpc) is 3.05. The molecule has 2 aromatic carbocycles. The maximum atomic E-state index is 13.8. The van der Waals surface area contributed by atoms with Crippen LogP contribution in [0.25, 0.3) is 0 Å². The largest absolute Gasteiger partial charge is 0.489 e. The molecule has 128 valence electrons. The van der Waals surface area contributed by atoms with E-state index in [-0.39, 0.29) is 18.1 Å². The van der Waals surface area contributed by atoms with Crippen molar-refractivity contribution in [3.8, 4) is 5.75 Å². The van der Waals surface area contributed by atoms with Gasteiger partial charge in [0.1, 0.15) is 24.0 Å². The second-order valence-corrected chi connectivity index (χ2v) is 6.97. The van der Waals surface area contributed by atoms with Crippen molar-refractivity contribution in [2.45, 2.75) is 6.61 Å². The van der Waals surface area contributed by atoms with Crippen LogP contribution in [0.2, 0.25) is 0 Å². The summed E-state index contributed by atoms with van der Waals surface area (Å²) in [6, 6.07) is 11.9. The highest BCUT2D eigenvalue weighted by molar-refractivity contribution is 9.10. The minimum absolute atomic E-state index is 0.110. The van der Waals surface area contributed by atoms with Crippen molar-refractivity contribution < 1.29 is 18.3 Å². The SMILES string of the molecule is O=C(Nc1ccc(Br)cc1F)c1cc(COc2cccc(F)c2)cs1. The Morgan fingerprint density at radius 1 is 1.16 bits per heavy atom. The minimum atomic E-state index is -0.519. The first-order valence-electron chi connectivity index (χ1n) is 7.23. The molecule has 1 heterocycles. The molecule has 1 amide bonds. The molecule has 0 aliphatic heterocycles. The molecule has 0 saturated carbocycles. The van der Waals surface area contributed by atoms with E-state index in [0.29, 0.717) is 15.1 Å². The number of rotatable bonds is 5. The van der Waals surface area contributed by atoms with Crippen molar-refractivity contribution in [3.63, 3.8) is 0 Å². The number of benzene rings is 2. The molecule has 3 aromatic rings. The van der Waals surface area contributed by atoms with Crippen LogP contribution in [0, 0.1) is 11.6 Å². The first-order valence-corrected chi connectivity index (χ1v) is 8.91. The second-order valence-electron chi connectivity index (χ2n) is 5.14. The summed E-state index contributed by atoms with van der Waals surface area (Å²) >= 11 is 4.39. The van der Waals surface area contributed by atoms with E-state index in [1.165, 1.54) is 35.6 Å². The van der Waals surface area contributed by atoms with Crippen LogP contribution in [0.15, 0.2) is 58.4 Å². The van der Waals surface area contributed by atoms with Gasteiger partial charge in [-0.1, -0.05) is 22.0 Å². The van der Waals surface area contributed by atoms with Gasteiger partial charge in [-0.15, -0.1) is 11.3 Å². The average molecular weight is 424 g/mol. The lowest BCUT2D eigenvalue weighted by Crippen LogP contribution is -2.11. The topological polar surface area (TPSA) is 38.3 Å². The van der Waals surface area contributed by atoms with Gasteiger partial charge in [-0.05, 0) is 41.8 Å². The molecule has 0 unspecified atom stereocenters. The number of halogens is 3. The fraction of sp³-hybridized carbons (Fsp3) is 0.0556. The number of carbonyl (C=O) groups excluding carboxylic acids is 1. The highest BCUT2D eigenvalue weighted by Gasteiger charge is 2.12. The Hall–Kier alpha value is -2.25. The fourth-order valence-corrected chi connectivity index (χ4v) is 3.19. The van der Waals surface area contributed by atoms with Crippen LogP contribution >= 0.6 is 27.3 Å². The summed E-state index contributed by atoms with van der Waals surface area (Å²) in [7, 11) is 0. The zero-order chi connectivity index (χ0) is 17.8. The van der Waals surface area contributed by atoms with Crippen molar-refractivity contribution in [1.29, 1.82) is 0 Å². The molecule has 3 rings (SSSR count). The molecule has 0 saturated heterocycles. The third-order valence-corrected chi connectivity index (χ3v) is 4.73. The second kappa shape index (κ2) is 7.76. The minimum Gasteiger partial charge on any atom is -0.489 e. The highest BCUT2D eigenvalue weighted by Crippen LogP contribution is 2.22. The lowest BCUT2D eigenvalue weighted by molar-refractivity contribution is 0.103. The van der Waals surface area contributed by atoms with E-state index < -0.39 is 11.7 Å². The number of hydrogen-bond acceptors (Lipinski definition) is 3. The Bertz CT molecular complexity index is 914. The Morgan fingerprint density at radius 3 is 2.76 bits per heavy atom. The molecule has 0 atom stereocenters. The summed E-state index contributed by atoms with van der Waals surface area (Å²) in [5.41, 5.74) is 0.884. The van der Waals surface area contributed by atoms with Crippen LogP contribution in [-0.4, -0.2) is 5.91 Å². The van der Waals surface area contributed by atoms with Crippen LogP contribution in [0.4, 0.5) is 14.5 Å². The standard InChI is InChI=1S/C18H12BrF2NO2S/c19-12-4-5-16(15(21)7-12)22-18(23)17-6-11(10-25-17)9-24-14-3-1-2-13(20)8-14/h1-8,10H,9H2,(H,22,23). The highest BCUT2D eigenvalue weighted by atomic mass is 79.9. The van der Waals surface area contributed by atoms with Crippen molar-refractivity contribution in [2.75, 3.05) is 5.32 Å². The van der Waals surface area contributed by atoms with Crippen molar-refractivity contribution in [2.24, 2.45) is 0 Å². The number of ether oxygens (including phenoxy) is 1. The quantitative estimate of drug-likeness (QED) is 0.578. The number of nitrogens with one attached hydrogen (secondary N) is 1. The van der Waals surface area contributed by atoms with Crippen molar-refractivity contribution in [1.82, 2.24) is 0 Å².